The maximum atomic E-state index is 13.2. The number of morpholine rings is 1. The lowest BCUT2D eigenvalue weighted by Gasteiger charge is -2.37. The summed E-state index contributed by atoms with van der Waals surface area (Å²) in [5, 5.41) is 7.98. The largest absolute Gasteiger partial charge is 0.423 e. The highest BCUT2D eigenvalue weighted by Crippen LogP contribution is 2.31. The Labute approximate surface area is 146 Å². The molecular weight excluding hydrogens is 320 g/mol. The molecule has 2 aliphatic heterocycles. The molecule has 0 radical (unpaired) electrons. The molecule has 2 atom stereocenters. The molecule has 0 bridgehead atoms. The van der Waals surface area contributed by atoms with Crippen LogP contribution in [0.15, 0.2) is 28.7 Å². The number of amides is 1. The molecule has 0 aliphatic carbocycles. The van der Waals surface area contributed by atoms with Gasteiger partial charge in [-0.2, -0.15) is 0 Å². The van der Waals surface area contributed by atoms with E-state index in [0.29, 0.717) is 31.5 Å². The summed E-state index contributed by atoms with van der Waals surface area (Å²) in [4.78, 5) is 17.2. The fourth-order valence-corrected chi connectivity index (χ4v) is 3.66. The molecule has 2 aliphatic rings. The van der Waals surface area contributed by atoms with Crippen LogP contribution in [-0.2, 0) is 16.0 Å². The molecule has 7 heteroatoms. The van der Waals surface area contributed by atoms with Gasteiger partial charge in [0.05, 0.1) is 13.2 Å². The second kappa shape index (κ2) is 6.48. The number of nitrogens with zero attached hydrogens (tertiary/aromatic N) is 4. The molecule has 0 saturated carbocycles. The van der Waals surface area contributed by atoms with Crippen molar-refractivity contribution < 1.29 is 13.9 Å². The van der Waals surface area contributed by atoms with Gasteiger partial charge in [0.1, 0.15) is 12.1 Å². The van der Waals surface area contributed by atoms with Gasteiger partial charge in [-0.1, -0.05) is 18.2 Å². The molecule has 0 spiro atoms. The molecule has 2 aromatic rings. The molecule has 25 heavy (non-hydrogen) atoms. The van der Waals surface area contributed by atoms with Gasteiger partial charge in [0.25, 0.3) is 0 Å². The zero-order valence-corrected chi connectivity index (χ0v) is 14.5. The minimum absolute atomic E-state index is 0.0702. The number of aromatic nitrogens is 2. The van der Waals surface area contributed by atoms with Crippen molar-refractivity contribution in [3.8, 4) is 0 Å². The second-order valence-corrected chi connectivity index (χ2v) is 6.53. The average molecular weight is 342 g/mol. The van der Waals surface area contributed by atoms with Crippen LogP contribution in [-0.4, -0.2) is 53.3 Å². The Hall–Kier alpha value is -2.41. The van der Waals surface area contributed by atoms with E-state index in [4.69, 9.17) is 9.15 Å². The van der Waals surface area contributed by atoms with Crippen molar-refractivity contribution in [2.75, 3.05) is 31.2 Å². The molecule has 0 N–H and O–H groups in total. The average Bonchev–Trinajstić information content (AvgIpc) is 3.27. The number of para-hydroxylation sites is 1. The zero-order chi connectivity index (χ0) is 17.4. The molecule has 1 amide bonds. The molecule has 0 unspecified atom stereocenters. The number of ether oxygens (including phenoxy) is 1. The van der Waals surface area contributed by atoms with Gasteiger partial charge in [-0.25, -0.2) is 0 Å². The SMILES string of the molecule is Cc1nnc([C@H]2COCCN2C(=O)[C@H](C)N2CCc3ccccc32)o1. The van der Waals surface area contributed by atoms with Crippen LogP contribution in [0, 0.1) is 6.92 Å². The number of hydrogen-bond donors (Lipinski definition) is 0. The first-order chi connectivity index (χ1) is 12.1. The van der Waals surface area contributed by atoms with Crippen molar-refractivity contribution in [2.45, 2.75) is 32.4 Å². The highest BCUT2D eigenvalue weighted by atomic mass is 16.5. The number of fused-ring (bicyclic) bond motifs is 1. The Bertz CT molecular complexity index is 775. The van der Waals surface area contributed by atoms with Crippen LogP contribution in [0.4, 0.5) is 5.69 Å². The van der Waals surface area contributed by atoms with Crippen LogP contribution < -0.4 is 4.90 Å². The van der Waals surface area contributed by atoms with Gasteiger partial charge < -0.3 is 19.0 Å². The van der Waals surface area contributed by atoms with Crippen LogP contribution in [0.3, 0.4) is 0 Å². The fourth-order valence-electron chi connectivity index (χ4n) is 3.66. The van der Waals surface area contributed by atoms with Gasteiger partial charge in [-0.15, -0.1) is 10.2 Å². The van der Waals surface area contributed by atoms with Crippen LogP contribution in [0.25, 0.3) is 0 Å². The van der Waals surface area contributed by atoms with Gasteiger partial charge in [0.15, 0.2) is 0 Å². The number of hydrogen-bond acceptors (Lipinski definition) is 6. The first kappa shape index (κ1) is 16.1. The lowest BCUT2D eigenvalue weighted by Crippen LogP contribution is -2.51. The summed E-state index contributed by atoms with van der Waals surface area (Å²) >= 11 is 0. The fraction of sp³-hybridized carbons (Fsp3) is 0.500. The van der Waals surface area contributed by atoms with E-state index >= 15 is 0 Å². The van der Waals surface area contributed by atoms with Gasteiger partial charge in [-0.3, -0.25) is 4.79 Å². The normalized spacial score (nSPS) is 21.3. The second-order valence-electron chi connectivity index (χ2n) is 6.53. The van der Waals surface area contributed by atoms with Crippen LogP contribution in [0.2, 0.25) is 0 Å². The Morgan fingerprint density at radius 1 is 1.28 bits per heavy atom. The summed E-state index contributed by atoms with van der Waals surface area (Å²) in [5.41, 5.74) is 2.45. The third kappa shape index (κ3) is 2.89. The molecule has 1 saturated heterocycles. The van der Waals surface area contributed by atoms with E-state index in [1.165, 1.54) is 5.56 Å². The van der Waals surface area contributed by atoms with Crippen LogP contribution >= 0.6 is 0 Å². The van der Waals surface area contributed by atoms with E-state index in [1.54, 1.807) is 6.92 Å². The lowest BCUT2D eigenvalue weighted by atomic mass is 10.1. The summed E-state index contributed by atoms with van der Waals surface area (Å²) in [6.45, 7) is 6.02. The number of benzene rings is 1. The number of rotatable bonds is 3. The van der Waals surface area contributed by atoms with E-state index in [9.17, 15) is 4.79 Å². The van der Waals surface area contributed by atoms with Gasteiger partial charge >= 0.3 is 0 Å². The lowest BCUT2D eigenvalue weighted by molar-refractivity contribution is -0.142. The molecule has 132 valence electrons. The predicted octanol–water partition coefficient (Wildman–Crippen LogP) is 1.73. The van der Waals surface area contributed by atoms with Crippen molar-refractivity contribution in [1.82, 2.24) is 15.1 Å². The van der Waals surface area contributed by atoms with Crippen molar-refractivity contribution in [3.05, 3.63) is 41.6 Å². The Morgan fingerprint density at radius 3 is 2.92 bits per heavy atom. The van der Waals surface area contributed by atoms with Crippen LogP contribution in [0.1, 0.15) is 30.3 Å². The molecule has 1 aromatic heterocycles. The highest BCUT2D eigenvalue weighted by Gasteiger charge is 2.37. The Kier molecular flexibility index (Phi) is 4.17. The maximum absolute atomic E-state index is 13.2. The monoisotopic (exact) mass is 342 g/mol. The predicted molar refractivity (Wildman–Crippen MR) is 91.3 cm³/mol. The number of anilines is 1. The summed E-state index contributed by atoms with van der Waals surface area (Å²) in [7, 11) is 0. The topological polar surface area (TPSA) is 71.7 Å². The third-order valence-electron chi connectivity index (χ3n) is 4.99. The minimum atomic E-state index is -0.317. The molecular formula is C18H22N4O3. The summed E-state index contributed by atoms with van der Waals surface area (Å²) in [5.74, 6) is 1.01. The number of aryl methyl sites for hydroxylation is 1. The quantitative estimate of drug-likeness (QED) is 0.846. The Balaban J connectivity index is 1.56. The van der Waals surface area contributed by atoms with Gasteiger partial charge in [0, 0.05) is 25.7 Å². The van der Waals surface area contributed by atoms with E-state index in [0.717, 1.165) is 18.7 Å². The maximum Gasteiger partial charge on any atom is 0.245 e. The highest BCUT2D eigenvalue weighted by molar-refractivity contribution is 5.86. The number of carbonyl (C=O) groups excluding carboxylic acids is 1. The van der Waals surface area contributed by atoms with E-state index in [1.807, 2.05) is 24.0 Å². The van der Waals surface area contributed by atoms with Crippen molar-refractivity contribution in [2.24, 2.45) is 0 Å². The molecule has 4 rings (SSSR count). The van der Waals surface area contributed by atoms with E-state index < -0.39 is 0 Å². The first-order valence-corrected chi connectivity index (χ1v) is 8.68. The molecule has 1 aromatic carbocycles. The van der Waals surface area contributed by atoms with Gasteiger partial charge in [-0.05, 0) is 25.0 Å². The minimum Gasteiger partial charge on any atom is -0.423 e. The summed E-state index contributed by atoms with van der Waals surface area (Å²) in [6.07, 6.45) is 0.975. The third-order valence-corrected chi connectivity index (χ3v) is 4.99. The summed E-state index contributed by atoms with van der Waals surface area (Å²) < 4.78 is 11.1. The molecule has 7 nitrogen and oxygen atoms in total. The van der Waals surface area contributed by atoms with Crippen LogP contribution in [0.5, 0.6) is 0 Å². The smallest absolute Gasteiger partial charge is 0.245 e. The van der Waals surface area contributed by atoms with Crippen molar-refractivity contribution in [1.29, 1.82) is 0 Å². The zero-order valence-electron chi connectivity index (χ0n) is 14.5. The van der Waals surface area contributed by atoms with E-state index in [-0.39, 0.29) is 18.0 Å². The Morgan fingerprint density at radius 2 is 2.12 bits per heavy atom. The van der Waals surface area contributed by atoms with Gasteiger partial charge in [0.2, 0.25) is 17.7 Å². The van der Waals surface area contributed by atoms with E-state index in [2.05, 4.69) is 27.2 Å². The van der Waals surface area contributed by atoms with Crippen molar-refractivity contribution in [3.63, 3.8) is 0 Å². The summed E-state index contributed by atoms with van der Waals surface area (Å²) in [6, 6.07) is 7.73. The first-order valence-electron chi connectivity index (χ1n) is 8.68. The molecule has 1 fully saturated rings. The standard InChI is InChI=1S/C18H22N4O3/c1-12(21-8-7-14-5-3-4-6-15(14)21)18(23)22-9-10-24-11-16(22)17-20-19-13(2)25-17/h3-6,12,16H,7-11H2,1-2H3/t12-,16+/m0/s1. The van der Waals surface area contributed by atoms with Crippen molar-refractivity contribution >= 4 is 11.6 Å². The molecule has 3 heterocycles. The number of carbonyl (C=O) groups is 1.